The normalized spacial score (nSPS) is 21.8. The minimum absolute atomic E-state index is 0.139. The summed E-state index contributed by atoms with van der Waals surface area (Å²) >= 11 is 0. The fourth-order valence-electron chi connectivity index (χ4n) is 4.94. The molecule has 2 fully saturated rings. The molecule has 2 aliphatic rings. The fraction of sp³-hybridized carbons (Fsp3) is 0.455. The largest absolute Gasteiger partial charge is 0.477 e. The average molecular weight is 489 g/mol. The van der Waals surface area contributed by atoms with E-state index >= 15 is 0 Å². The summed E-state index contributed by atoms with van der Waals surface area (Å²) in [6, 6.07) is 1.79. The molecule has 1 aliphatic carbocycles. The molecule has 0 bridgehead atoms. The molecule has 0 spiro atoms. The van der Waals surface area contributed by atoms with Crippen LogP contribution in [0.2, 0.25) is 0 Å². The number of hydrogen-bond acceptors (Lipinski definition) is 7. The molecule has 2 atom stereocenters. The number of carbonyl (C=O) groups is 2. The maximum absolute atomic E-state index is 13.3. The first-order chi connectivity index (χ1) is 16.7. The molecular weight excluding hydrogens is 467 g/mol. The topological polar surface area (TPSA) is 115 Å². The Morgan fingerprint density at radius 3 is 2.77 bits per heavy atom. The molecule has 35 heavy (non-hydrogen) atoms. The Kier molecular flexibility index (Phi) is 5.56. The molecule has 2 amide bonds. The third kappa shape index (κ3) is 4.15. The summed E-state index contributed by atoms with van der Waals surface area (Å²) < 4.78 is 45.2. The third-order valence-electron chi connectivity index (χ3n) is 6.54. The molecule has 3 aromatic rings. The number of aromatic nitrogens is 5. The Hall–Kier alpha value is -3.77. The van der Waals surface area contributed by atoms with E-state index < -0.39 is 29.1 Å². The Bertz CT molecular complexity index is 1280. The average Bonchev–Trinajstić information content (AvgIpc) is 3.51. The fourth-order valence-corrected chi connectivity index (χ4v) is 4.94. The van der Waals surface area contributed by atoms with Crippen molar-refractivity contribution in [3.8, 4) is 5.88 Å². The third-order valence-corrected chi connectivity index (χ3v) is 6.54. The van der Waals surface area contributed by atoms with Crippen LogP contribution >= 0.6 is 0 Å². The first-order valence-corrected chi connectivity index (χ1v) is 11.2. The van der Waals surface area contributed by atoms with E-state index in [4.69, 9.17) is 4.74 Å². The van der Waals surface area contributed by atoms with Crippen molar-refractivity contribution in [1.82, 2.24) is 34.8 Å². The number of amides is 2. The maximum Gasteiger partial charge on any atom is 0.417 e. The van der Waals surface area contributed by atoms with Crippen molar-refractivity contribution in [2.75, 3.05) is 13.2 Å². The van der Waals surface area contributed by atoms with E-state index in [2.05, 4.69) is 25.4 Å². The highest BCUT2D eigenvalue weighted by Crippen LogP contribution is 2.42. The summed E-state index contributed by atoms with van der Waals surface area (Å²) in [5.74, 6) is -0.741. The lowest BCUT2D eigenvalue weighted by Gasteiger charge is -2.32. The van der Waals surface area contributed by atoms with Crippen molar-refractivity contribution in [3.05, 3.63) is 47.8 Å². The second-order valence-electron chi connectivity index (χ2n) is 8.59. The van der Waals surface area contributed by atoms with E-state index in [0.29, 0.717) is 38.3 Å². The molecular formula is C22H22F3N7O3. The van der Waals surface area contributed by atoms with Gasteiger partial charge < -0.3 is 15.0 Å². The van der Waals surface area contributed by atoms with Crippen LogP contribution < -0.4 is 10.1 Å². The summed E-state index contributed by atoms with van der Waals surface area (Å²) in [6.07, 6.45) is 1.69. The highest BCUT2D eigenvalue weighted by Gasteiger charge is 2.53. The smallest absolute Gasteiger partial charge is 0.417 e. The SMILES string of the molecule is CCOc1cnc(C(=O)N[C@@]23CCC[C@@H]2N(C(=O)c2nc4ccc(C(F)(F)F)cn4n2)CC3)cn1. The molecule has 1 saturated heterocycles. The standard InChI is InChI=1S/C22H22F3N7O3/c1-2-35-17-11-26-14(10-27-17)19(33)29-21-7-3-4-15(21)31(9-8-21)20(34)18-28-16-6-5-13(22(23,24)25)12-32(16)30-18/h5-6,10-12,15H,2-4,7-9H2,1H3,(H,29,33)/t15-,21+/m0/s1. The van der Waals surface area contributed by atoms with Crippen molar-refractivity contribution in [2.24, 2.45) is 0 Å². The predicted octanol–water partition coefficient (Wildman–Crippen LogP) is 2.50. The van der Waals surface area contributed by atoms with E-state index in [-0.39, 0.29) is 23.2 Å². The molecule has 1 saturated carbocycles. The van der Waals surface area contributed by atoms with Gasteiger partial charge in [-0.1, -0.05) is 0 Å². The number of fused-ring (bicyclic) bond motifs is 2. The lowest BCUT2D eigenvalue weighted by atomic mass is 9.92. The van der Waals surface area contributed by atoms with Crippen molar-refractivity contribution in [3.63, 3.8) is 0 Å². The van der Waals surface area contributed by atoms with Gasteiger partial charge in [-0.3, -0.25) is 9.59 Å². The first-order valence-electron chi connectivity index (χ1n) is 11.2. The highest BCUT2D eigenvalue weighted by molar-refractivity contribution is 5.94. The van der Waals surface area contributed by atoms with E-state index in [1.165, 1.54) is 18.5 Å². The molecule has 0 radical (unpaired) electrons. The van der Waals surface area contributed by atoms with Gasteiger partial charge in [-0.2, -0.15) is 13.2 Å². The monoisotopic (exact) mass is 489 g/mol. The summed E-state index contributed by atoms with van der Waals surface area (Å²) in [4.78, 5) is 40.1. The van der Waals surface area contributed by atoms with Crippen LogP contribution in [-0.2, 0) is 6.18 Å². The number of hydrogen-bond donors (Lipinski definition) is 1. The number of pyridine rings is 1. The van der Waals surface area contributed by atoms with Crippen molar-refractivity contribution in [1.29, 1.82) is 0 Å². The highest BCUT2D eigenvalue weighted by atomic mass is 19.4. The number of carbonyl (C=O) groups excluding carboxylic acids is 2. The second-order valence-corrected chi connectivity index (χ2v) is 8.59. The zero-order valence-electron chi connectivity index (χ0n) is 18.7. The number of nitrogens with one attached hydrogen (secondary N) is 1. The van der Waals surface area contributed by atoms with Crippen LogP contribution in [0.3, 0.4) is 0 Å². The molecule has 13 heteroatoms. The Morgan fingerprint density at radius 2 is 2.06 bits per heavy atom. The van der Waals surface area contributed by atoms with Gasteiger partial charge in [0.1, 0.15) is 5.69 Å². The molecule has 0 unspecified atom stereocenters. The van der Waals surface area contributed by atoms with Gasteiger partial charge >= 0.3 is 6.18 Å². The van der Waals surface area contributed by atoms with Crippen molar-refractivity contribution >= 4 is 17.5 Å². The van der Waals surface area contributed by atoms with Gasteiger partial charge in [0.05, 0.1) is 36.1 Å². The molecule has 5 rings (SSSR count). The second kappa shape index (κ2) is 8.47. The number of alkyl halides is 3. The van der Waals surface area contributed by atoms with Crippen LogP contribution in [0.15, 0.2) is 30.7 Å². The Balaban J connectivity index is 1.34. The molecule has 184 valence electrons. The molecule has 4 heterocycles. The van der Waals surface area contributed by atoms with Gasteiger partial charge in [0, 0.05) is 12.7 Å². The molecule has 1 aliphatic heterocycles. The summed E-state index contributed by atoms with van der Waals surface area (Å²) in [7, 11) is 0. The number of nitrogens with zero attached hydrogens (tertiary/aromatic N) is 6. The molecule has 10 nitrogen and oxygen atoms in total. The Morgan fingerprint density at radius 1 is 1.23 bits per heavy atom. The van der Waals surface area contributed by atoms with Gasteiger partial charge in [0.15, 0.2) is 5.65 Å². The van der Waals surface area contributed by atoms with Gasteiger partial charge in [0.25, 0.3) is 11.8 Å². The van der Waals surface area contributed by atoms with Gasteiger partial charge in [-0.25, -0.2) is 19.5 Å². The van der Waals surface area contributed by atoms with Crippen molar-refractivity contribution in [2.45, 2.75) is 50.4 Å². The van der Waals surface area contributed by atoms with Crippen LogP contribution in [-0.4, -0.2) is 66.0 Å². The van der Waals surface area contributed by atoms with Crippen LogP contribution in [0, 0.1) is 0 Å². The van der Waals surface area contributed by atoms with E-state index in [9.17, 15) is 22.8 Å². The van der Waals surface area contributed by atoms with Gasteiger partial charge in [0.2, 0.25) is 11.7 Å². The van der Waals surface area contributed by atoms with Crippen LogP contribution in [0.25, 0.3) is 5.65 Å². The maximum atomic E-state index is 13.3. The van der Waals surface area contributed by atoms with E-state index in [0.717, 1.165) is 23.2 Å². The minimum atomic E-state index is -4.53. The van der Waals surface area contributed by atoms with Crippen molar-refractivity contribution < 1.29 is 27.5 Å². The zero-order valence-corrected chi connectivity index (χ0v) is 18.7. The van der Waals surface area contributed by atoms with E-state index in [1.54, 1.807) is 4.90 Å². The quantitative estimate of drug-likeness (QED) is 0.586. The number of rotatable bonds is 5. The van der Waals surface area contributed by atoms with E-state index in [1.807, 2.05) is 6.92 Å². The van der Waals surface area contributed by atoms with Crippen LogP contribution in [0.5, 0.6) is 5.88 Å². The van der Waals surface area contributed by atoms with Crippen LogP contribution in [0.4, 0.5) is 13.2 Å². The van der Waals surface area contributed by atoms with Crippen LogP contribution in [0.1, 0.15) is 59.3 Å². The lowest BCUT2D eigenvalue weighted by molar-refractivity contribution is -0.137. The molecule has 0 aromatic carbocycles. The predicted molar refractivity (Wildman–Crippen MR) is 115 cm³/mol. The van der Waals surface area contributed by atoms with Gasteiger partial charge in [-0.05, 0) is 44.7 Å². The summed E-state index contributed by atoms with van der Waals surface area (Å²) in [6.45, 7) is 2.61. The Labute approximate surface area is 197 Å². The lowest BCUT2D eigenvalue weighted by Crippen LogP contribution is -2.54. The number of likely N-dealkylation sites (tertiary alicyclic amines) is 1. The van der Waals surface area contributed by atoms with Gasteiger partial charge in [-0.15, -0.1) is 5.10 Å². The molecule has 1 N–H and O–H groups in total. The summed E-state index contributed by atoms with van der Waals surface area (Å²) in [5.41, 5.74) is -1.23. The molecule has 3 aromatic heterocycles. The minimum Gasteiger partial charge on any atom is -0.477 e. The number of halogens is 3. The summed E-state index contributed by atoms with van der Waals surface area (Å²) in [5, 5.41) is 7.06. The first kappa shape index (κ1) is 23.0. The zero-order chi connectivity index (χ0) is 24.8. The number of ether oxygens (including phenoxy) is 1.